The molecule has 0 aliphatic rings. The average molecular weight is 399 g/mol. The summed E-state index contributed by atoms with van der Waals surface area (Å²) in [6.45, 7) is 0. The number of hydrogen-bond acceptors (Lipinski definition) is 6. The van der Waals surface area contributed by atoms with E-state index in [-0.39, 0.29) is 5.56 Å². The first-order valence-corrected chi connectivity index (χ1v) is 10.1. The molecule has 4 aromatic heterocycles. The van der Waals surface area contributed by atoms with Crippen LogP contribution in [0.4, 0.5) is 0 Å². The van der Waals surface area contributed by atoms with Crippen LogP contribution >= 0.6 is 11.7 Å². The van der Waals surface area contributed by atoms with Gasteiger partial charge in [0.1, 0.15) is 16.7 Å². The number of pyridine rings is 3. The molecular formula is C22H17N5OS. The van der Waals surface area contributed by atoms with Crippen LogP contribution in [0.1, 0.15) is 17.5 Å². The maximum absolute atomic E-state index is 13.5. The van der Waals surface area contributed by atoms with E-state index in [1.807, 2.05) is 48.5 Å². The highest BCUT2D eigenvalue weighted by molar-refractivity contribution is 7.00. The molecule has 0 N–H and O–H groups in total. The van der Waals surface area contributed by atoms with Crippen LogP contribution in [0, 0.1) is 0 Å². The molecule has 0 saturated carbocycles. The van der Waals surface area contributed by atoms with E-state index in [1.165, 1.54) is 5.56 Å². The first-order valence-electron chi connectivity index (χ1n) is 9.41. The van der Waals surface area contributed by atoms with E-state index in [1.54, 1.807) is 23.2 Å². The maximum atomic E-state index is 13.5. The van der Waals surface area contributed by atoms with Gasteiger partial charge in [-0.15, -0.1) is 0 Å². The standard InChI is InChI=1S/C22H17N5OS/c28-22-17(5-1-4-15-9-12-23-13-10-15)14-16-6-3-11-24-21(16)27(22)19-8-2-7-18-20(19)26-29-25-18/h2-3,6-14H,1,4-5H2. The molecule has 6 nitrogen and oxygen atoms in total. The summed E-state index contributed by atoms with van der Waals surface area (Å²) in [5.74, 6) is 0. The number of rotatable bonds is 5. The molecular weight excluding hydrogens is 382 g/mol. The lowest BCUT2D eigenvalue weighted by Crippen LogP contribution is -2.23. The number of nitrogens with zero attached hydrogens (tertiary/aromatic N) is 5. The molecule has 0 radical (unpaired) electrons. The Labute approximate surface area is 170 Å². The molecule has 29 heavy (non-hydrogen) atoms. The van der Waals surface area contributed by atoms with Crippen molar-refractivity contribution >= 4 is 33.8 Å². The van der Waals surface area contributed by atoms with Crippen LogP contribution in [-0.4, -0.2) is 23.3 Å². The van der Waals surface area contributed by atoms with Gasteiger partial charge in [0.15, 0.2) is 0 Å². The fourth-order valence-electron chi connectivity index (χ4n) is 3.61. The van der Waals surface area contributed by atoms with Gasteiger partial charge in [-0.25, -0.2) is 4.98 Å². The fraction of sp³-hybridized carbons (Fsp3) is 0.136. The number of aromatic nitrogens is 5. The lowest BCUT2D eigenvalue weighted by Gasteiger charge is -2.12. The van der Waals surface area contributed by atoms with Gasteiger partial charge in [-0.05, 0) is 67.3 Å². The highest BCUT2D eigenvalue weighted by Crippen LogP contribution is 2.23. The van der Waals surface area contributed by atoms with Crippen LogP contribution in [0.25, 0.3) is 27.8 Å². The van der Waals surface area contributed by atoms with Crippen LogP contribution in [0.15, 0.2) is 71.9 Å². The Kier molecular flexibility index (Phi) is 4.57. The molecule has 5 aromatic rings. The highest BCUT2D eigenvalue weighted by atomic mass is 32.1. The number of fused-ring (bicyclic) bond motifs is 2. The molecule has 0 aliphatic heterocycles. The normalized spacial score (nSPS) is 11.3. The summed E-state index contributed by atoms with van der Waals surface area (Å²) in [6, 6.07) is 15.6. The first kappa shape index (κ1) is 17.6. The molecule has 5 rings (SSSR count). The Morgan fingerprint density at radius 3 is 2.72 bits per heavy atom. The van der Waals surface area contributed by atoms with Gasteiger partial charge in [0, 0.05) is 29.5 Å². The Hall–Kier alpha value is -3.45. The molecule has 0 fully saturated rings. The van der Waals surface area contributed by atoms with E-state index >= 15 is 0 Å². The van der Waals surface area contributed by atoms with Crippen molar-refractivity contribution in [1.82, 2.24) is 23.3 Å². The van der Waals surface area contributed by atoms with Crippen LogP contribution < -0.4 is 5.56 Å². The third-order valence-electron chi connectivity index (χ3n) is 5.00. The predicted octanol–water partition coefficient (Wildman–Crippen LogP) is 3.96. The molecule has 1 aromatic carbocycles. The molecule has 0 spiro atoms. The number of aryl methyl sites for hydroxylation is 2. The van der Waals surface area contributed by atoms with Crippen LogP contribution in [0.2, 0.25) is 0 Å². The summed E-state index contributed by atoms with van der Waals surface area (Å²) in [5.41, 5.74) is 4.82. The van der Waals surface area contributed by atoms with Crippen molar-refractivity contribution in [2.75, 3.05) is 0 Å². The average Bonchev–Trinajstić information content (AvgIpc) is 3.24. The van der Waals surface area contributed by atoms with Gasteiger partial charge in [0.25, 0.3) is 5.56 Å². The minimum Gasteiger partial charge on any atom is -0.269 e. The zero-order valence-electron chi connectivity index (χ0n) is 15.5. The number of benzene rings is 1. The number of hydrogen-bond donors (Lipinski definition) is 0. The molecule has 0 atom stereocenters. The summed E-state index contributed by atoms with van der Waals surface area (Å²) in [7, 11) is 0. The zero-order valence-corrected chi connectivity index (χ0v) is 16.3. The lowest BCUT2D eigenvalue weighted by molar-refractivity contribution is 0.803. The third-order valence-corrected chi connectivity index (χ3v) is 5.55. The second-order valence-electron chi connectivity index (χ2n) is 6.84. The van der Waals surface area contributed by atoms with Crippen molar-refractivity contribution in [2.24, 2.45) is 0 Å². The smallest absolute Gasteiger partial charge is 0.260 e. The van der Waals surface area contributed by atoms with E-state index in [0.717, 1.165) is 52.2 Å². The minimum atomic E-state index is -0.0496. The fourth-order valence-corrected chi connectivity index (χ4v) is 4.15. The summed E-state index contributed by atoms with van der Waals surface area (Å²) in [5, 5.41) is 0.936. The van der Waals surface area contributed by atoms with Gasteiger partial charge < -0.3 is 0 Å². The highest BCUT2D eigenvalue weighted by Gasteiger charge is 2.15. The Morgan fingerprint density at radius 1 is 0.931 bits per heavy atom. The quantitative estimate of drug-likeness (QED) is 0.447. The van der Waals surface area contributed by atoms with Gasteiger partial charge in [-0.1, -0.05) is 6.07 Å². The Morgan fingerprint density at radius 2 is 1.83 bits per heavy atom. The van der Waals surface area contributed by atoms with Crippen LogP contribution in [0.5, 0.6) is 0 Å². The minimum absolute atomic E-state index is 0.0496. The van der Waals surface area contributed by atoms with Gasteiger partial charge in [0.05, 0.1) is 17.4 Å². The second kappa shape index (κ2) is 7.52. The monoisotopic (exact) mass is 399 g/mol. The van der Waals surface area contributed by atoms with Crippen LogP contribution in [-0.2, 0) is 12.8 Å². The third kappa shape index (κ3) is 3.30. The predicted molar refractivity (Wildman–Crippen MR) is 115 cm³/mol. The second-order valence-corrected chi connectivity index (χ2v) is 7.37. The van der Waals surface area contributed by atoms with E-state index in [4.69, 9.17) is 0 Å². The van der Waals surface area contributed by atoms with E-state index < -0.39 is 0 Å². The van der Waals surface area contributed by atoms with Crippen molar-refractivity contribution in [1.29, 1.82) is 0 Å². The molecule has 0 aliphatic carbocycles. The van der Waals surface area contributed by atoms with Crippen LogP contribution in [0.3, 0.4) is 0 Å². The van der Waals surface area contributed by atoms with E-state index in [2.05, 4.69) is 18.7 Å². The van der Waals surface area contributed by atoms with Gasteiger partial charge in [-0.2, -0.15) is 8.75 Å². The molecule has 0 saturated heterocycles. The molecule has 142 valence electrons. The summed E-state index contributed by atoms with van der Waals surface area (Å²) in [6.07, 6.45) is 7.78. The molecule has 0 unspecified atom stereocenters. The van der Waals surface area contributed by atoms with Crippen molar-refractivity contribution in [3.05, 3.63) is 88.6 Å². The SMILES string of the molecule is O=c1c(CCCc2ccncc2)cc2cccnc2n1-c1cccc2nsnc12. The summed E-state index contributed by atoms with van der Waals surface area (Å²) >= 11 is 1.15. The van der Waals surface area contributed by atoms with Gasteiger partial charge in [-0.3, -0.25) is 14.3 Å². The van der Waals surface area contributed by atoms with E-state index in [9.17, 15) is 4.79 Å². The van der Waals surface area contributed by atoms with Crippen molar-refractivity contribution in [3.8, 4) is 5.69 Å². The molecule has 0 bridgehead atoms. The van der Waals surface area contributed by atoms with Gasteiger partial charge in [0.2, 0.25) is 0 Å². The van der Waals surface area contributed by atoms with Gasteiger partial charge >= 0.3 is 0 Å². The maximum Gasteiger partial charge on any atom is 0.260 e. The zero-order chi connectivity index (χ0) is 19.6. The Bertz CT molecular complexity index is 1360. The van der Waals surface area contributed by atoms with Crippen molar-refractivity contribution in [3.63, 3.8) is 0 Å². The Balaban J connectivity index is 1.61. The summed E-state index contributed by atoms with van der Waals surface area (Å²) < 4.78 is 10.4. The van der Waals surface area contributed by atoms with E-state index in [0.29, 0.717) is 12.1 Å². The largest absolute Gasteiger partial charge is 0.269 e. The molecule has 0 amide bonds. The summed E-state index contributed by atoms with van der Waals surface area (Å²) in [4.78, 5) is 22.0. The molecule has 7 heteroatoms. The topological polar surface area (TPSA) is 73.6 Å². The lowest BCUT2D eigenvalue weighted by atomic mass is 10.0. The van der Waals surface area contributed by atoms with Crippen molar-refractivity contribution in [2.45, 2.75) is 19.3 Å². The molecule has 4 heterocycles. The van der Waals surface area contributed by atoms with Crippen molar-refractivity contribution < 1.29 is 0 Å². The first-order chi connectivity index (χ1) is 14.3.